The normalized spacial score (nSPS) is 10.9. The van der Waals surface area contributed by atoms with Crippen molar-refractivity contribution in [3.05, 3.63) is 54.1 Å². The number of ether oxygens (including phenoxy) is 3. The average molecular weight is 286 g/mol. The van der Waals surface area contributed by atoms with Crippen LogP contribution in [0.1, 0.15) is 25.7 Å². The summed E-state index contributed by atoms with van der Waals surface area (Å²) in [4.78, 5) is 0. The van der Waals surface area contributed by atoms with Crippen molar-refractivity contribution in [1.82, 2.24) is 0 Å². The first-order valence-electron chi connectivity index (χ1n) is 7.26. The molecule has 0 aliphatic carbocycles. The average Bonchev–Trinajstić information content (AvgIpc) is 2.55. The first kappa shape index (κ1) is 15.5. The Morgan fingerprint density at radius 1 is 0.857 bits per heavy atom. The minimum atomic E-state index is -0.335. The monoisotopic (exact) mass is 286 g/mol. The van der Waals surface area contributed by atoms with Gasteiger partial charge in [0.1, 0.15) is 5.75 Å². The summed E-state index contributed by atoms with van der Waals surface area (Å²) in [5, 5.41) is 0. The van der Waals surface area contributed by atoms with Crippen LogP contribution < -0.4 is 4.74 Å². The molecule has 0 radical (unpaired) electrons. The first-order chi connectivity index (χ1) is 10.3. The summed E-state index contributed by atoms with van der Waals surface area (Å²) in [6, 6.07) is 16.2. The standard InChI is InChI=1S/C18H22O3/c1-4-20-18(21-5-2)17-9-7-6-8-16(17)14-10-12-15(19-3)13-11-14/h6-13,18H,4-5H2,1-3H3. The SMILES string of the molecule is CCOC(OCC)c1ccccc1-c1ccc(OC)cc1. The number of hydrogen-bond donors (Lipinski definition) is 0. The van der Waals surface area contributed by atoms with Crippen LogP contribution in [0.4, 0.5) is 0 Å². The molecule has 0 atom stereocenters. The van der Waals surface area contributed by atoms with Gasteiger partial charge in [-0.25, -0.2) is 0 Å². The summed E-state index contributed by atoms with van der Waals surface area (Å²) < 4.78 is 16.7. The highest BCUT2D eigenvalue weighted by atomic mass is 16.7. The Bertz CT molecular complexity index is 543. The second-order valence-electron chi connectivity index (χ2n) is 4.56. The molecule has 0 saturated heterocycles. The van der Waals surface area contributed by atoms with E-state index in [0.717, 1.165) is 22.4 Å². The molecule has 21 heavy (non-hydrogen) atoms. The molecule has 3 nitrogen and oxygen atoms in total. The Morgan fingerprint density at radius 2 is 1.48 bits per heavy atom. The van der Waals surface area contributed by atoms with Crippen molar-refractivity contribution in [1.29, 1.82) is 0 Å². The Balaban J connectivity index is 2.38. The zero-order valence-corrected chi connectivity index (χ0v) is 12.8. The molecule has 0 bridgehead atoms. The van der Waals surface area contributed by atoms with Crippen molar-refractivity contribution in [2.45, 2.75) is 20.1 Å². The molecule has 0 spiro atoms. The van der Waals surface area contributed by atoms with Crippen LogP contribution in [-0.2, 0) is 9.47 Å². The van der Waals surface area contributed by atoms with Gasteiger partial charge in [0.15, 0.2) is 6.29 Å². The molecule has 0 aliphatic rings. The maximum atomic E-state index is 5.73. The van der Waals surface area contributed by atoms with Crippen molar-refractivity contribution in [2.24, 2.45) is 0 Å². The van der Waals surface area contributed by atoms with E-state index in [1.165, 1.54) is 0 Å². The lowest BCUT2D eigenvalue weighted by Crippen LogP contribution is -2.10. The smallest absolute Gasteiger partial charge is 0.184 e. The summed E-state index contributed by atoms with van der Waals surface area (Å²) in [7, 11) is 1.67. The Kier molecular flexibility index (Phi) is 5.78. The molecule has 112 valence electrons. The van der Waals surface area contributed by atoms with Crippen LogP contribution in [0.2, 0.25) is 0 Å². The molecular weight excluding hydrogens is 264 g/mol. The molecule has 0 aromatic heterocycles. The first-order valence-corrected chi connectivity index (χ1v) is 7.26. The van der Waals surface area contributed by atoms with Crippen molar-refractivity contribution in [2.75, 3.05) is 20.3 Å². The van der Waals surface area contributed by atoms with Crippen LogP contribution in [0.25, 0.3) is 11.1 Å². The van der Waals surface area contributed by atoms with E-state index in [2.05, 4.69) is 12.1 Å². The fourth-order valence-electron chi connectivity index (χ4n) is 2.27. The van der Waals surface area contributed by atoms with Gasteiger partial charge < -0.3 is 14.2 Å². The molecule has 0 unspecified atom stereocenters. The zero-order valence-electron chi connectivity index (χ0n) is 12.8. The van der Waals surface area contributed by atoms with Crippen LogP contribution >= 0.6 is 0 Å². The molecule has 2 aromatic carbocycles. The fraction of sp³-hybridized carbons (Fsp3) is 0.333. The zero-order chi connectivity index (χ0) is 15.1. The summed E-state index contributed by atoms with van der Waals surface area (Å²) >= 11 is 0. The fourth-order valence-corrected chi connectivity index (χ4v) is 2.27. The van der Waals surface area contributed by atoms with Crippen molar-refractivity contribution < 1.29 is 14.2 Å². The minimum Gasteiger partial charge on any atom is -0.497 e. The molecule has 2 aromatic rings. The van der Waals surface area contributed by atoms with E-state index in [0.29, 0.717) is 13.2 Å². The van der Waals surface area contributed by atoms with E-state index < -0.39 is 0 Å². The Labute approximate surface area is 126 Å². The lowest BCUT2D eigenvalue weighted by atomic mass is 9.99. The number of rotatable bonds is 7. The third-order valence-electron chi connectivity index (χ3n) is 3.25. The molecule has 2 rings (SSSR count). The number of methoxy groups -OCH3 is 1. The third-order valence-corrected chi connectivity index (χ3v) is 3.25. The highest BCUT2D eigenvalue weighted by Crippen LogP contribution is 2.31. The molecule has 0 aliphatic heterocycles. The molecule has 0 fully saturated rings. The van der Waals surface area contributed by atoms with Gasteiger partial charge in [-0.05, 0) is 37.1 Å². The molecule has 0 saturated carbocycles. The van der Waals surface area contributed by atoms with Gasteiger partial charge in [0.25, 0.3) is 0 Å². The number of benzene rings is 2. The summed E-state index contributed by atoms with van der Waals surface area (Å²) in [5.41, 5.74) is 3.29. The van der Waals surface area contributed by atoms with E-state index in [1.807, 2.05) is 50.2 Å². The highest BCUT2D eigenvalue weighted by Gasteiger charge is 2.16. The van der Waals surface area contributed by atoms with Crippen LogP contribution in [0.5, 0.6) is 5.75 Å². The molecule has 3 heteroatoms. The largest absolute Gasteiger partial charge is 0.497 e. The predicted molar refractivity (Wildman–Crippen MR) is 84.4 cm³/mol. The van der Waals surface area contributed by atoms with Gasteiger partial charge in [-0.15, -0.1) is 0 Å². The number of hydrogen-bond acceptors (Lipinski definition) is 3. The van der Waals surface area contributed by atoms with Crippen LogP contribution in [0.3, 0.4) is 0 Å². The van der Waals surface area contributed by atoms with E-state index in [1.54, 1.807) is 7.11 Å². The molecular formula is C18H22O3. The highest BCUT2D eigenvalue weighted by molar-refractivity contribution is 5.68. The maximum Gasteiger partial charge on any atom is 0.184 e. The molecule has 0 heterocycles. The summed E-state index contributed by atoms with van der Waals surface area (Å²) in [6.07, 6.45) is -0.335. The van der Waals surface area contributed by atoms with Gasteiger partial charge in [-0.1, -0.05) is 36.4 Å². The van der Waals surface area contributed by atoms with Crippen LogP contribution in [0, 0.1) is 0 Å². The quantitative estimate of drug-likeness (QED) is 0.704. The van der Waals surface area contributed by atoms with Gasteiger partial charge in [0, 0.05) is 18.8 Å². The molecule has 0 N–H and O–H groups in total. The van der Waals surface area contributed by atoms with Crippen LogP contribution in [0.15, 0.2) is 48.5 Å². The third kappa shape index (κ3) is 3.84. The van der Waals surface area contributed by atoms with Gasteiger partial charge in [-0.2, -0.15) is 0 Å². The second kappa shape index (κ2) is 7.81. The van der Waals surface area contributed by atoms with E-state index in [9.17, 15) is 0 Å². The Hall–Kier alpha value is -1.84. The Morgan fingerprint density at radius 3 is 2.05 bits per heavy atom. The second-order valence-corrected chi connectivity index (χ2v) is 4.56. The van der Waals surface area contributed by atoms with Crippen molar-refractivity contribution in [3.63, 3.8) is 0 Å². The maximum absolute atomic E-state index is 5.73. The van der Waals surface area contributed by atoms with Gasteiger partial charge in [0.2, 0.25) is 0 Å². The lowest BCUT2D eigenvalue weighted by Gasteiger charge is -2.20. The topological polar surface area (TPSA) is 27.7 Å². The van der Waals surface area contributed by atoms with Crippen LogP contribution in [-0.4, -0.2) is 20.3 Å². The lowest BCUT2D eigenvalue weighted by molar-refractivity contribution is -0.139. The predicted octanol–water partition coefficient (Wildman–Crippen LogP) is 4.43. The van der Waals surface area contributed by atoms with Gasteiger partial charge >= 0.3 is 0 Å². The summed E-state index contributed by atoms with van der Waals surface area (Å²) in [5.74, 6) is 0.849. The van der Waals surface area contributed by atoms with Crippen molar-refractivity contribution in [3.8, 4) is 16.9 Å². The van der Waals surface area contributed by atoms with Gasteiger partial charge in [-0.3, -0.25) is 0 Å². The van der Waals surface area contributed by atoms with E-state index >= 15 is 0 Å². The van der Waals surface area contributed by atoms with Crippen molar-refractivity contribution >= 4 is 0 Å². The molecule has 0 amide bonds. The minimum absolute atomic E-state index is 0.335. The van der Waals surface area contributed by atoms with E-state index in [-0.39, 0.29) is 6.29 Å². The summed E-state index contributed by atoms with van der Waals surface area (Å²) in [6.45, 7) is 5.17. The van der Waals surface area contributed by atoms with E-state index in [4.69, 9.17) is 14.2 Å². The van der Waals surface area contributed by atoms with Gasteiger partial charge in [0.05, 0.1) is 7.11 Å².